The summed E-state index contributed by atoms with van der Waals surface area (Å²) in [6.07, 6.45) is 3.51. The largest absolute Gasteiger partial charge is 0.494 e. The van der Waals surface area contributed by atoms with Gasteiger partial charge in [0.25, 0.3) is 0 Å². The van der Waals surface area contributed by atoms with Crippen molar-refractivity contribution in [2.24, 2.45) is 0 Å². The summed E-state index contributed by atoms with van der Waals surface area (Å²) in [5.41, 5.74) is 3.39. The number of morpholine rings is 1. The van der Waals surface area contributed by atoms with Crippen LogP contribution in [0.5, 0.6) is 5.75 Å². The molecular formula is C18H24N2O2. The standard InChI is InChI=1S/C18H24N2O2/c1-5-14-11-20(10-13(3)22-14)18-12(2)9-19-17-15(18)7-6-8-16(17)21-4/h6-9,13-14H,5,10-11H2,1-4H3. The van der Waals surface area contributed by atoms with Crippen molar-refractivity contribution in [2.75, 3.05) is 25.1 Å². The van der Waals surface area contributed by atoms with Crippen molar-refractivity contribution in [3.63, 3.8) is 0 Å². The third-order valence-electron chi connectivity index (χ3n) is 4.33. The SMILES string of the molecule is CCC1CN(c2c(C)cnc3c(OC)cccc23)CC(C)O1. The van der Waals surface area contributed by atoms with E-state index in [1.165, 1.54) is 11.3 Å². The maximum absolute atomic E-state index is 6.00. The van der Waals surface area contributed by atoms with Gasteiger partial charge < -0.3 is 14.4 Å². The number of rotatable bonds is 3. The van der Waals surface area contributed by atoms with Gasteiger partial charge in [0.05, 0.1) is 25.0 Å². The second-order valence-corrected chi connectivity index (χ2v) is 6.03. The highest BCUT2D eigenvalue weighted by atomic mass is 16.5. The van der Waals surface area contributed by atoms with E-state index in [2.05, 4.69) is 36.7 Å². The molecular weight excluding hydrogens is 276 g/mol. The third kappa shape index (κ3) is 2.63. The molecule has 0 N–H and O–H groups in total. The van der Waals surface area contributed by atoms with E-state index in [9.17, 15) is 0 Å². The van der Waals surface area contributed by atoms with Crippen LogP contribution < -0.4 is 9.64 Å². The summed E-state index contributed by atoms with van der Waals surface area (Å²) < 4.78 is 11.5. The van der Waals surface area contributed by atoms with E-state index in [1.54, 1.807) is 7.11 Å². The van der Waals surface area contributed by atoms with Crippen LogP contribution >= 0.6 is 0 Å². The van der Waals surface area contributed by atoms with Crippen LogP contribution in [0, 0.1) is 6.92 Å². The molecule has 0 bridgehead atoms. The Morgan fingerprint density at radius 2 is 2.18 bits per heavy atom. The van der Waals surface area contributed by atoms with Gasteiger partial charge in [0.1, 0.15) is 11.3 Å². The molecule has 1 aromatic carbocycles. The number of ether oxygens (including phenoxy) is 2. The van der Waals surface area contributed by atoms with Crippen LogP contribution in [0.1, 0.15) is 25.8 Å². The van der Waals surface area contributed by atoms with Crippen LogP contribution in [-0.4, -0.2) is 37.4 Å². The molecule has 0 saturated carbocycles. The minimum atomic E-state index is 0.243. The zero-order chi connectivity index (χ0) is 15.7. The number of hydrogen-bond acceptors (Lipinski definition) is 4. The van der Waals surface area contributed by atoms with Gasteiger partial charge in [-0.15, -0.1) is 0 Å². The van der Waals surface area contributed by atoms with Crippen molar-refractivity contribution >= 4 is 16.6 Å². The molecule has 4 nitrogen and oxygen atoms in total. The Morgan fingerprint density at radius 3 is 2.91 bits per heavy atom. The normalized spacial score (nSPS) is 22.1. The maximum atomic E-state index is 6.00. The van der Waals surface area contributed by atoms with E-state index in [-0.39, 0.29) is 12.2 Å². The van der Waals surface area contributed by atoms with Crippen molar-refractivity contribution < 1.29 is 9.47 Å². The molecule has 2 heterocycles. The number of aromatic nitrogens is 1. The summed E-state index contributed by atoms with van der Waals surface area (Å²) in [5.74, 6) is 0.826. The molecule has 2 aromatic rings. The number of anilines is 1. The first-order valence-electron chi connectivity index (χ1n) is 7.96. The zero-order valence-electron chi connectivity index (χ0n) is 13.8. The van der Waals surface area contributed by atoms with Crippen LogP contribution in [0.2, 0.25) is 0 Å². The third-order valence-corrected chi connectivity index (χ3v) is 4.33. The highest BCUT2D eigenvalue weighted by Gasteiger charge is 2.26. The first-order chi connectivity index (χ1) is 10.6. The minimum Gasteiger partial charge on any atom is -0.494 e. The van der Waals surface area contributed by atoms with E-state index >= 15 is 0 Å². The summed E-state index contributed by atoms with van der Waals surface area (Å²) in [5, 5.41) is 1.16. The summed E-state index contributed by atoms with van der Waals surface area (Å²) in [7, 11) is 1.69. The molecule has 1 aliphatic heterocycles. The fraction of sp³-hybridized carbons (Fsp3) is 0.500. The molecule has 118 valence electrons. The van der Waals surface area contributed by atoms with Crippen LogP contribution in [0.15, 0.2) is 24.4 Å². The highest BCUT2D eigenvalue weighted by molar-refractivity contribution is 5.96. The molecule has 0 aliphatic carbocycles. The van der Waals surface area contributed by atoms with Crippen molar-refractivity contribution in [3.05, 3.63) is 30.0 Å². The van der Waals surface area contributed by atoms with Crippen LogP contribution in [0.25, 0.3) is 10.9 Å². The number of benzene rings is 1. The van der Waals surface area contributed by atoms with Crippen LogP contribution in [-0.2, 0) is 4.74 Å². The molecule has 3 rings (SSSR count). The first kappa shape index (κ1) is 15.1. The average molecular weight is 300 g/mol. The van der Waals surface area contributed by atoms with Gasteiger partial charge in [-0.05, 0) is 31.9 Å². The quantitative estimate of drug-likeness (QED) is 0.868. The Balaban J connectivity index is 2.11. The minimum absolute atomic E-state index is 0.243. The number of para-hydroxylation sites is 1. The summed E-state index contributed by atoms with van der Waals surface area (Å²) in [6.45, 7) is 8.30. The van der Waals surface area contributed by atoms with Crippen LogP contribution in [0.4, 0.5) is 5.69 Å². The van der Waals surface area contributed by atoms with Crippen molar-refractivity contribution in [2.45, 2.75) is 39.4 Å². The molecule has 1 aromatic heterocycles. The molecule has 2 unspecified atom stereocenters. The van der Waals surface area contributed by atoms with Gasteiger partial charge in [0, 0.05) is 24.7 Å². The molecule has 1 saturated heterocycles. The smallest absolute Gasteiger partial charge is 0.145 e. The fourth-order valence-electron chi connectivity index (χ4n) is 3.32. The van der Waals surface area contributed by atoms with E-state index in [4.69, 9.17) is 9.47 Å². The number of nitrogens with zero attached hydrogens (tertiary/aromatic N) is 2. The van der Waals surface area contributed by atoms with E-state index in [0.29, 0.717) is 0 Å². The van der Waals surface area contributed by atoms with Gasteiger partial charge in [-0.25, -0.2) is 0 Å². The van der Waals surface area contributed by atoms with Gasteiger partial charge in [-0.2, -0.15) is 0 Å². The Kier molecular flexibility index (Phi) is 4.21. The zero-order valence-corrected chi connectivity index (χ0v) is 13.8. The molecule has 1 aliphatic rings. The topological polar surface area (TPSA) is 34.6 Å². The van der Waals surface area contributed by atoms with E-state index in [0.717, 1.165) is 36.2 Å². The fourth-order valence-corrected chi connectivity index (χ4v) is 3.32. The monoisotopic (exact) mass is 300 g/mol. The predicted octanol–water partition coefficient (Wildman–Crippen LogP) is 3.56. The molecule has 0 spiro atoms. The number of pyridine rings is 1. The molecule has 22 heavy (non-hydrogen) atoms. The lowest BCUT2D eigenvalue weighted by Gasteiger charge is -2.39. The molecule has 0 amide bonds. The van der Waals surface area contributed by atoms with Gasteiger partial charge >= 0.3 is 0 Å². The van der Waals surface area contributed by atoms with Gasteiger partial charge in [0.2, 0.25) is 0 Å². The second kappa shape index (κ2) is 6.13. The van der Waals surface area contributed by atoms with Crippen LogP contribution in [0.3, 0.4) is 0 Å². The number of hydrogen-bond donors (Lipinski definition) is 0. The summed E-state index contributed by atoms with van der Waals surface area (Å²) in [4.78, 5) is 7.03. The molecule has 4 heteroatoms. The lowest BCUT2D eigenvalue weighted by molar-refractivity contribution is -0.0171. The number of aryl methyl sites for hydroxylation is 1. The molecule has 0 radical (unpaired) electrons. The Bertz CT molecular complexity index is 671. The van der Waals surface area contributed by atoms with Crippen molar-refractivity contribution in [3.8, 4) is 5.75 Å². The first-order valence-corrected chi connectivity index (χ1v) is 7.96. The Labute approximate surface area is 132 Å². The van der Waals surface area contributed by atoms with Gasteiger partial charge in [-0.1, -0.05) is 19.1 Å². The summed E-state index contributed by atoms with van der Waals surface area (Å²) >= 11 is 0. The van der Waals surface area contributed by atoms with Gasteiger partial charge in [-0.3, -0.25) is 4.98 Å². The van der Waals surface area contributed by atoms with Gasteiger partial charge in [0.15, 0.2) is 0 Å². The average Bonchev–Trinajstić information content (AvgIpc) is 2.53. The van der Waals surface area contributed by atoms with E-state index in [1.807, 2.05) is 18.3 Å². The maximum Gasteiger partial charge on any atom is 0.145 e. The number of methoxy groups -OCH3 is 1. The lowest BCUT2D eigenvalue weighted by Crippen LogP contribution is -2.46. The molecule has 2 atom stereocenters. The summed E-state index contributed by atoms with van der Waals surface area (Å²) in [6, 6.07) is 6.13. The molecule has 1 fully saturated rings. The Hall–Kier alpha value is -1.81. The van der Waals surface area contributed by atoms with Crippen molar-refractivity contribution in [1.82, 2.24) is 4.98 Å². The Morgan fingerprint density at radius 1 is 1.36 bits per heavy atom. The highest BCUT2D eigenvalue weighted by Crippen LogP contribution is 2.35. The predicted molar refractivity (Wildman–Crippen MR) is 89.9 cm³/mol. The number of fused-ring (bicyclic) bond motifs is 1. The second-order valence-electron chi connectivity index (χ2n) is 6.03. The van der Waals surface area contributed by atoms with Crippen molar-refractivity contribution in [1.29, 1.82) is 0 Å². The van der Waals surface area contributed by atoms with E-state index < -0.39 is 0 Å². The lowest BCUT2D eigenvalue weighted by atomic mass is 10.1.